The normalized spacial score (nSPS) is 12.7. The van der Waals surface area contributed by atoms with Gasteiger partial charge in [0.15, 0.2) is 0 Å². The van der Waals surface area contributed by atoms with E-state index in [0.717, 1.165) is 0 Å². The van der Waals surface area contributed by atoms with Gasteiger partial charge in [0.05, 0.1) is 17.3 Å². The molecular formula is C25H32ClN5O5. The fourth-order valence-corrected chi connectivity index (χ4v) is 3.40. The van der Waals surface area contributed by atoms with Crippen LogP contribution in [-0.2, 0) is 19.1 Å². The van der Waals surface area contributed by atoms with Crippen LogP contribution in [0.2, 0.25) is 5.02 Å². The molecule has 194 valence electrons. The molecule has 0 aromatic heterocycles. The maximum Gasteiger partial charge on any atom is 0.321 e. The SMILES string of the molecule is CCOC(=O)CNNC(=O)C(NC(=O)[C@@H](NC(=O)c1ccc(N)c(Cl)c1)C(C)(C)C)c1ccccc1. The number of hydrogen-bond donors (Lipinski definition) is 5. The summed E-state index contributed by atoms with van der Waals surface area (Å²) in [6.45, 7) is 6.98. The van der Waals surface area contributed by atoms with E-state index in [1.54, 1.807) is 58.0 Å². The van der Waals surface area contributed by atoms with Crippen LogP contribution >= 0.6 is 11.6 Å². The first-order valence-corrected chi connectivity index (χ1v) is 11.7. The molecule has 2 rings (SSSR count). The molecule has 0 aliphatic heterocycles. The minimum absolute atomic E-state index is 0.208. The van der Waals surface area contributed by atoms with Gasteiger partial charge in [-0.15, -0.1) is 0 Å². The number of hydrogen-bond acceptors (Lipinski definition) is 7. The lowest BCUT2D eigenvalue weighted by atomic mass is 9.85. The molecule has 2 atom stereocenters. The molecule has 11 heteroatoms. The highest BCUT2D eigenvalue weighted by atomic mass is 35.5. The van der Waals surface area contributed by atoms with Crippen molar-refractivity contribution < 1.29 is 23.9 Å². The monoisotopic (exact) mass is 517 g/mol. The molecule has 0 spiro atoms. The molecule has 0 saturated heterocycles. The van der Waals surface area contributed by atoms with Crippen LogP contribution in [0.5, 0.6) is 0 Å². The number of rotatable bonds is 10. The number of nitrogen functional groups attached to an aromatic ring is 1. The largest absolute Gasteiger partial charge is 0.465 e. The molecule has 6 N–H and O–H groups in total. The van der Waals surface area contributed by atoms with Gasteiger partial charge in [-0.2, -0.15) is 0 Å². The third-order valence-electron chi connectivity index (χ3n) is 5.10. The van der Waals surface area contributed by atoms with Gasteiger partial charge in [0.2, 0.25) is 5.91 Å². The van der Waals surface area contributed by atoms with Crippen LogP contribution in [0.1, 0.15) is 49.7 Å². The van der Waals surface area contributed by atoms with Crippen molar-refractivity contribution in [1.29, 1.82) is 0 Å². The van der Waals surface area contributed by atoms with Crippen LogP contribution in [0.4, 0.5) is 5.69 Å². The quantitative estimate of drug-likeness (QED) is 0.184. The summed E-state index contributed by atoms with van der Waals surface area (Å²) < 4.78 is 4.81. The minimum atomic E-state index is -1.11. The van der Waals surface area contributed by atoms with Crippen molar-refractivity contribution >= 4 is 41.0 Å². The van der Waals surface area contributed by atoms with Crippen molar-refractivity contribution in [2.45, 2.75) is 39.8 Å². The number of halogens is 1. The van der Waals surface area contributed by atoms with Crippen LogP contribution in [0.25, 0.3) is 0 Å². The zero-order valence-corrected chi connectivity index (χ0v) is 21.4. The summed E-state index contributed by atoms with van der Waals surface area (Å²) in [5.74, 6) is -2.25. The maximum atomic E-state index is 13.4. The average molecular weight is 518 g/mol. The van der Waals surface area contributed by atoms with Gasteiger partial charge >= 0.3 is 5.97 Å². The van der Waals surface area contributed by atoms with E-state index in [1.165, 1.54) is 18.2 Å². The van der Waals surface area contributed by atoms with E-state index in [2.05, 4.69) is 21.5 Å². The highest BCUT2D eigenvalue weighted by Gasteiger charge is 2.35. The van der Waals surface area contributed by atoms with Crippen LogP contribution < -0.4 is 27.2 Å². The van der Waals surface area contributed by atoms with Crippen LogP contribution in [-0.4, -0.2) is 42.9 Å². The molecule has 0 saturated carbocycles. The smallest absolute Gasteiger partial charge is 0.321 e. The van der Waals surface area contributed by atoms with Crippen molar-refractivity contribution in [3.8, 4) is 0 Å². The lowest BCUT2D eigenvalue weighted by Crippen LogP contribution is -2.56. The van der Waals surface area contributed by atoms with Gasteiger partial charge in [-0.1, -0.05) is 62.7 Å². The first-order chi connectivity index (χ1) is 16.9. The van der Waals surface area contributed by atoms with E-state index < -0.39 is 41.2 Å². The summed E-state index contributed by atoms with van der Waals surface area (Å²) in [6, 6.07) is 10.9. The Kier molecular flexibility index (Phi) is 10.2. The number of benzene rings is 2. The number of nitrogens with one attached hydrogen (secondary N) is 4. The third-order valence-corrected chi connectivity index (χ3v) is 5.42. The number of carbonyl (C=O) groups excluding carboxylic acids is 4. The molecule has 3 amide bonds. The zero-order valence-electron chi connectivity index (χ0n) is 20.7. The van der Waals surface area contributed by atoms with Crippen LogP contribution in [0.3, 0.4) is 0 Å². The molecule has 10 nitrogen and oxygen atoms in total. The van der Waals surface area contributed by atoms with Gasteiger partial charge in [0, 0.05) is 5.56 Å². The highest BCUT2D eigenvalue weighted by molar-refractivity contribution is 6.33. The average Bonchev–Trinajstić information content (AvgIpc) is 2.82. The molecule has 0 fully saturated rings. The van der Waals surface area contributed by atoms with Crippen molar-refractivity contribution in [1.82, 2.24) is 21.5 Å². The van der Waals surface area contributed by atoms with Crippen molar-refractivity contribution in [3.05, 3.63) is 64.7 Å². The summed E-state index contributed by atoms with van der Waals surface area (Å²) in [7, 11) is 0. The molecule has 2 aromatic carbocycles. The van der Waals surface area contributed by atoms with E-state index in [1.807, 2.05) is 0 Å². The summed E-state index contributed by atoms with van der Waals surface area (Å²) in [4.78, 5) is 50.8. The molecular weight excluding hydrogens is 486 g/mol. The fourth-order valence-electron chi connectivity index (χ4n) is 3.22. The predicted octanol–water partition coefficient (Wildman–Crippen LogP) is 2.11. The number of carbonyl (C=O) groups is 4. The molecule has 0 radical (unpaired) electrons. The van der Waals surface area contributed by atoms with Crippen LogP contribution in [0, 0.1) is 5.41 Å². The Morgan fingerprint density at radius 2 is 1.67 bits per heavy atom. The highest BCUT2D eigenvalue weighted by Crippen LogP contribution is 2.23. The lowest BCUT2D eigenvalue weighted by molar-refractivity contribution is -0.142. The second-order valence-corrected chi connectivity index (χ2v) is 9.42. The number of hydrazine groups is 1. The van der Waals surface area contributed by atoms with Gasteiger partial charge < -0.3 is 21.1 Å². The Labute approximate surface area is 215 Å². The van der Waals surface area contributed by atoms with E-state index in [-0.39, 0.29) is 23.7 Å². The Morgan fingerprint density at radius 3 is 2.25 bits per heavy atom. The molecule has 0 aliphatic carbocycles. The third kappa shape index (κ3) is 8.24. The predicted molar refractivity (Wildman–Crippen MR) is 137 cm³/mol. The molecule has 0 bridgehead atoms. The lowest BCUT2D eigenvalue weighted by Gasteiger charge is -2.32. The van der Waals surface area contributed by atoms with E-state index in [9.17, 15) is 19.2 Å². The van der Waals surface area contributed by atoms with E-state index >= 15 is 0 Å². The molecule has 1 unspecified atom stereocenters. The minimum Gasteiger partial charge on any atom is -0.465 e. The number of esters is 1. The Hall–Kier alpha value is -3.63. The maximum absolute atomic E-state index is 13.4. The zero-order chi connectivity index (χ0) is 26.9. The van der Waals surface area contributed by atoms with Gasteiger partial charge in [-0.3, -0.25) is 24.6 Å². The van der Waals surface area contributed by atoms with Crippen molar-refractivity contribution in [3.63, 3.8) is 0 Å². The summed E-state index contributed by atoms with van der Waals surface area (Å²) in [5, 5.41) is 5.66. The summed E-state index contributed by atoms with van der Waals surface area (Å²) in [6.07, 6.45) is 0. The molecule has 0 aliphatic rings. The Balaban J connectivity index is 2.21. The van der Waals surface area contributed by atoms with Gasteiger partial charge in [0.1, 0.15) is 18.6 Å². The fraction of sp³-hybridized carbons (Fsp3) is 0.360. The van der Waals surface area contributed by atoms with E-state index in [4.69, 9.17) is 22.1 Å². The topological polar surface area (TPSA) is 152 Å². The second-order valence-electron chi connectivity index (χ2n) is 9.01. The Bertz CT molecular complexity index is 1090. The second kappa shape index (κ2) is 12.9. The van der Waals surface area contributed by atoms with Crippen LogP contribution in [0.15, 0.2) is 48.5 Å². The standard InChI is InChI=1S/C25H32ClN5O5/c1-5-36-19(32)14-28-31-23(34)20(15-9-7-6-8-10-15)29-24(35)21(25(2,3)4)30-22(33)16-11-12-18(27)17(26)13-16/h6-13,20-21,28H,5,14,27H2,1-4H3,(H,29,35)(H,30,33)(H,31,34)/t20?,21-/m1/s1. The molecule has 0 heterocycles. The Morgan fingerprint density at radius 1 is 1.00 bits per heavy atom. The molecule has 36 heavy (non-hydrogen) atoms. The number of anilines is 1. The molecule has 2 aromatic rings. The van der Waals surface area contributed by atoms with E-state index in [0.29, 0.717) is 11.3 Å². The van der Waals surface area contributed by atoms with Crippen molar-refractivity contribution in [2.75, 3.05) is 18.9 Å². The number of ether oxygens (including phenoxy) is 1. The number of nitrogens with two attached hydrogens (primary N) is 1. The van der Waals surface area contributed by atoms with Crippen molar-refractivity contribution in [2.24, 2.45) is 5.41 Å². The van der Waals surface area contributed by atoms with Gasteiger partial charge in [0.25, 0.3) is 11.8 Å². The first-order valence-electron chi connectivity index (χ1n) is 11.3. The summed E-state index contributed by atoms with van der Waals surface area (Å²) in [5.41, 5.74) is 11.0. The van der Waals surface area contributed by atoms with Gasteiger partial charge in [-0.25, -0.2) is 5.43 Å². The summed E-state index contributed by atoms with van der Waals surface area (Å²) >= 11 is 6.03. The van der Waals surface area contributed by atoms with Gasteiger partial charge in [-0.05, 0) is 36.1 Å². The number of amides is 3. The first kappa shape index (κ1) is 28.6.